The maximum Gasteiger partial charge on any atom is 0.308 e. The minimum atomic E-state index is -0.446. The van der Waals surface area contributed by atoms with Gasteiger partial charge in [-0.15, -0.1) is 0 Å². The topological polar surface area (TPSA) is 76.2 Å². The van der Waals surface area contributed by atoms with Crippen LogP contribution in [-0.2, 0) is 4.79 Å². The number of carbonyl (C=O) groups is 3. The van der Waals surface area contributed by atoms with E-state index < -0.39 is 5.97 Å². The molecule has 0 atom stereocenters. The van der Waals surface area contributed by atoms with Gasteiger partial charge in [0.25, 0.3) is 11.8 Å². The van der Waals surface area contributed by atoms with E-state index in [9.17, 15) is 14.4 Å². The van der Waals surface area contributed by atoms with Crippen LogP contribution in [0.3, 0.4) is 0 Å². The fourth-order valence-electron chi connectivity index (χ4n) is 3.17. The first-order valence-corrected chi connectivity index (χ1v) is 9.47. The van der Waals surface area contributed by atoms with Crippen molar-refractivity contribution in [1.82, 2.24) is 9.80 Å². The standard InChI is InChI=1S/C21H21ClN2O5/c1-14(25)29-17-5-3-4-15(12-17)20(26)23-8-10-24(11-9-23)21(27)18-13-16(22)6-7-19(18)28-2/h3-7,12-13H,8-11H2,1-2H3. The van der Waals surface area contributed by atoms with E-state index in [4.69, 9.17) is 21.1 Å². The van der Waals surface area contributed by atoms with Crippen LogP contribution in [0.25, 0.3) is 0 Å². The van der Waals surface area contributed by atoms with Gasteiger partial charge in [0.1, 0.15) is 11.5 Å². The van der Waals surface area contributed by atoms with Gasteiger partial charge in [0.15, 0.2) is 0 Å². The van der Waals surface area contributed by atoms with E-state index in [2.05, 4.69) is 0 Å². The molecule has 0 N–H and O–H groups in total. The van der Waals surface area contributed by atoms with Gasteiger partial charge in [0, 0.05) is 43.7 Å². The average Bonchev–Trinajstić information content (AvgIpc) is 2.72. The maximum atomic E-state index is 12.9. The van der Waals surface area contributed by atoms with Crippen LogP contribution >= 0.6 is 11.6 Å². The van der Waals surface area contributed by atoms with Crippen LogP contribution in [0.5, 0.6) is 11.5 Å². The highest BCUT2D eigenvalue weighted by Gasteiger charge is 2.27. The minimum Gasteiger partial charge on any atom is -0.496 e. The van der Waals surface area contributed by atoms with Crippen LogP contribution in [0.15, 0.2) is 42.5 Å². The number of ether oxygens (including phenoxy) is 2. The van der Waals surface area contributed by atoms with E-state index in [1.165, 1.54) is 20.1 Å². The fraction of sp³-hybridized carbons (Fsp3) is 0.286. The molecule has 0 spiro atoms. The van der Waals surface area contributed by atoms with Gasteiger partial charge in [-0.05, 0) is 36.4 Å². The molecule has 29 heavy (non-hydrogen) atoms. The molecule has 8 heteroatoms. The quantitative estimate of drug-likeness (QED) is 0.566. The number of piperazine rings is 1. The second kappa shape index (κ2) is 8.96. The smallest absolute Gasteiger partial charge is 0.308 e. The molecular weight excluding hydrogens is 396 g/mol. The normalized spacial score (nSPS) is 13.8. The molecule has 1 heterocycles. The molecule has 2 aromatic rings. The van der Waals surface area contributed by atoms with Crippen molar-refractivity contribution in [3.63, 3.8) is 0 Å². The van der Waals surface area contributed by atoms with Crippen molar-refractivity contribution in [3.8, 4) is 11.5 Å². The van der Waals surface area contributed by atoms with E-state index in [0.29, 0.717) is 53.8 Å². The van der Waals surface area contributed by atoms with Crippen molar-refractivity contribution in [2.24, 2.45) is 0 Å². The highest BCUT2D eigenvalue weighted by Crippen LogP contribution is 2.25. The number of methoxy groups -OCH3 is 1. The van der Waals surface area contributed by atoms with Gasteiger partial charge in [-0.25, -0.2) is 0 Å². The molecule has 2 amide bonds. The molecule has 0 saturated carbocycles. The predicted octanol–water partition coefficient (Wildman–Crippen LogP) is 2.87. The first-order chi connectivity index (χ1) is 13.9. The van der Waals surface area contributed by atoms with Gasteiger partial charge in [0.2, 0.25) is 0 Å². The van der Waals surface area contributed by atoms with E-state index in [0.717, 1.165) is 0 Å². The Morgan fingerprint density at radius 3 is 2.21 bits per heavy atom. The Bertz CT molecular complexity index is 938. The summed E-state index contributed by atoms with van der Waals surface area (Å²) in [5.74, 6) is -0.0247. The van der Waals surface area contributed by atoms with Crippen molar-refractivity contribution in [2.45, 2.75) is 6.92 Å². The molecule has 0 aliphatic carbocycles. The fourth-order valence-corrected chi connectivity index (χ4v) is 3.34. The molecule has 152 valence electrons. The Labute approximate surface area is 173 Å². The third kappa shape index (κ3) is 4.86. The first-order valence-electron chi connectivity index (χ1n) is 9.09. The molecule has 0 unspecified atom stereocenters. The van der Waals surface area contributed by atoms with Crippen molar-refractivity contribution >= 4 is 29.4 Å². The highest BCUT2D eigenvalue weighted by atomic mass is 35.5. The zero-order valence-corrected chi connectivity index (χ0v) is 16.9. The lowest BCUT2D eigenvalue weighted by Gasteiger charge is -2.35. The summed E-state index contributed by atoms with van der Waals surface area (Å²) >= 11 is 6.02. The van der Waals surface area contributed by atoms with Crippen LogP contribution < -0.4 is 9.47 Å². The molecule has 1 aliphatic rings. The third-order valence-corrected chi connectivity index (χ3v) is 4.82. The van der Waals surface area contributed by atoms with Gasteiger partial charge >= 0.3 is 5.97 Å². The first kappa shape index (κ1) is 20.7. The zero-order valence-electron chi connectivity index (χ0n) is 16.2. The summed E-state index contributed by atoms with van der Waals surface area (Å²) in [4.78, 5) is 40.1. The van der Waals surface area contributed by atoms with E-state index in [-0.39, 0.29) is 11.8 Å². The predicted molar refractivity (Wildman–Crippen MR) is 108 cm³/mol. The third-order valence-electron chi connectivity index (χ3n) is 4.59. The highest BCUT2D eigenvalue weighted by molar-refractivity contribution is 6.31. The number of hydrogen-bond acceptors (Lipinski definition) is 5. The molecule has 3 rings (SSSR count). The molecule has 7 nitrogen and oxygen atoms in total. The van der Waals surface area contributed by atoms with Crippen molar-refractivity contribution < 1.29 is 23.9 Å². The summed E-state index contributed by atoms with van der Waals surface area (Å²) in [5.41, 5.74) is 0.828. The Hall–Kier alpha value is -3.06. The summed E-state index contributed by atoms with van der Waals surface area (Å²) in [6, 6.07) is 11.4. The largest absolute Gasteiger partial charge is 0.496 e. The number of carbonyl (C=O) groups excluding carboxylic acids is 3. The van der Waals surface area contributed by atoms with E-state index in [1.54, 1.807) is 46.2 Å². The SMILES string of the molecule is COc1ccc(Cl)cc1C(=O)N1CCN(C(=O)c2cccc(OC(C)=O)c2)CC1. The number of amides is 2. The van der Waals surface area contributed by atoms with E-state index in [1.807, 2.05) is 0 Å². The van der Waals surface area contributed by atoms with Crippen LogP contribution in [0.1, 0.15) is 27.6 Å². The summed E-state index contributed by atoms with van der Waals surface area (Å²) in [5, 5.41) is 0.454. The summed E-state index contributed by atoms with van der Waals surface area (Å²) < 4.78 is 10.3. The van der Waals surface area contributed by atoms with Crippen molar-refractivity contribution in [2.75, 3.05) is 33.3 Å². The van der Waals surface area contributed by atoms with Gasteiger partial charge in [-0.2, -0.15) is 0 Å². The van der Waals surface area contributed by atoms with Gasteiger partial charge in [0.05, 0.1) is 12.7 Å². The van der Waals surface area contributed by atoms with Gasteiger partial charge < -0.3 is 19.3 Å². The van der Waals surface area contributed by atoms with Crippen molar-refractivity contribution in [1.29, 1.82) is 0 Å². The second-order valence-electron chi connectivity index (χ2n) is 6.55. The molecular formula is C21H21ClN2O5. The Kier molecular flexibility index (Phi) is 6.39. The second-order valence-corrected chi connectivity index (χ2v) is 6.99. The average molecular weight is 417 g/mol. The lowest BCUT2D eigenvalue weighted by Crippen LogP contribution is -2.50. The molecule has 0 bridgehead atoms. The van der Waals surface area contributed by atoms with Crippen LogP contribution in [0, 0.1) is 0 Å². The maximum absolute atomic E-state index is 12.9. The molecule has 0 aromatic heterocycles. The summed E-state index contributed by atoms with van der Waals surface area (Å²) in [7, 11) is 1.50. The molecule has 1 aliphatic heterocycles. The molecule has 2 aromatic carbocycles. The molecule has 1 saturated heterocycles. The Morgan fingerprint density at radius 1 is 0.931 bits per heavy atom. The van der Waals surface area contributed by atoms with E-state index >= 15 is 0 Å². The Morgan fingerprint density at radius 2 is 1.59 bits per heavy atom. The van der Waals surface area contributed by atoms with Crippen LogP contribution in [-0.4, -0.2) is 60.9 Å². The molecule has 0 radical (unpaired) electrons. The number of esters is 1. The van der Waals surface area contributed by atoms with Gasteiger partial charge in [-0.1, -0.05) is 17.7 Å². The summed E-state index contributed by atoms with van der Waals surface area (Å²) in [6.07, 6.45) is 0. The molecule has 1 fully saturated rings. The van der Waals surface area contributed by atoms with Crippen LogP contribution in [0.2, 0.25) is 5.02 Å². The lowest BCUT2D eigenvalue weighted by molar-refractivity contribution is -0.131. The number of nitrogens with zero attached hydrogens (tertiary/aromatic N) is 2. The van der Waals surface area contributed by atoms with Crippen LogP contribution in [0.4, 0.5) is 0 Å². The lowest BCUT2D eigenvalue weighted by atomic mass is 10.1. The minimum absolute atomic E-state index is 0.175. The Balaban J connectivity index is 1.66. The van der Waals surface area contributed by atoms with Gasteiger partial charge in [-0.3, -0.25) is 14.4 Å². The zero-order chi connectivity index (χ0) is 21.0. The number of benzene rings is 2. The van der Waals surface area contributed by atoms with Crippen molar-refractivity contribution in [3.05, 3.63) is 58.6 Å². The number of hydrogen-bond donors (Lipinski definition) is 0. The summed E-state index contributed by atoms with van der Waals surface area (Å²) in [6.45, 7) is 2.88. The number of halogens is 1. The number of rotatable bonds is 4. The monoisotopic (exact) mass is 416 g/mol.